The van der Waals surface area contributed by atoms with E-state index in [2.05, 4.69) is 44.1 Å². The van der Waals surface area contributed by atoms with Crippen LogP contribution in [0.5, 0.6) is 0 Å². The van der Waals surface area contributed by atoms with Crippen molar-refractivity contribution in [1.29, 1.82) is 0 Å². The summed E-state index contributed by atoms with van der Waals surface area (Å²) in [5.41, 5.74) is 0.662. The number of benzene rings is 1. The van der Waals surface area contributed by atoms with Crippen LogP contribution >= 0.6 is 31.9 Å². The Labute approximate surface area is 130 Å². The van der Waals surface area contributed by atoms with Crippen molar-refractivity contribution in [2.75, 3.05) is 13.2 Å². The van der Waals surface area contributed by atoms with Gasteiger partial charge in [-0.15, -0.1) is 0 Å². The van der Waals surface area contributed by atoms with Crippen molar-refractivity contribution < 1.29 is 9.53 Å². The van der Waals surface area contributed by atoms with Crippen molar-refractivity contribution >= 4 is 37.8 Å². The zero-order valence-electron chi connectivity index (χ0n) is 10.8. The number of amides is 1. The number of carbonyl (C=O) groups excluding carboxylic acids is 1. The molecule has 1 aliphatic rings. The molecule has 0 aromatic heterocycles. The van der Waals surface area contributed by atoms with Gasteiger partial charge in [0.25, 0.3) is 5.91 Å². The number of hydrogen-bond donors (Lipinski definition) is 1. The lowest BCUT2D eigenvalue weighted by Gasteiger charge is -2.17. The number of halogens is 2. The third-order valence-electron chi connectivity index (χ3n) is 3.45. The van der Waals surface area contributed by atoms with Crippen molar-refractivity contribution in [1.82, 2.24) is 5.32 Å². The molecule has 1 fully saturated rings. The molecule has 1 heterocycles. The lowest BCUT2D eigenvalue weighted by Crippen LogP contribution is -2.32. The Balaban J connectivity index is 1.94. The van der Waals surface area contributed by atoms with Crippen LogP contribution in [0.3, 0.4) is 0 Å². The van der Waals surface area contributed by atoms with Gasteiger partial charge in [-0.25, -0.2) is 0 Å². The minimum Gasteiger partial charge on any atom is -0.378 e. The summed E-state index contributed by atoms with van der Waals surface area (Å²) in [5, 5.41) is 3.00. The molecule has 104 valence electrons. The van der Waals surface area contributed by atoms with Gasteiger partial charge in [0.15, 0.2) is 0 Å². The Morgan fingerprint density at radius 3 is 2.95 bits per heavy atom. The maximum Gasteiger partial charge on any atom is 0.252 e. The van der Waals surface area contributed by atoms with Crippen molar-refractivity contribution in [2.24, 2.45) is 5.92 Å². The highest BCUT2D eigenvalue weighted by molar-refractivity contribution is 9.11. The molecule has 1 saturated heterocycles. The Kier molecular flexibility index (Phi) is 5.42. The topological polar surface area (TPSA) is 38.3 Å². The SMILES string of the molecule is CCC1OCCC1CNC(=O)c1ccc(Br)cc1Br. The van der Waals surface area contributed by atoms with Crippen molar-refractivity contribution in [3.63, 3.8) is 0 Å². The van der Waals surface area contributed by atoms with E-state index in [9.17, 15) is 4.79 Å². The standard InChI is InChI=1S/C14H17Br2NO2/c1-2-13-9(5-6-19-13)8-17-14(18)11-4-3-10(15)7-12(11)16/h3-4,7,9,13H,2,5-6,8H2,1H3,(H,17,18). The Hall–Kier alpha value is -0.390. The van der Waals surface area contributed by atoms with Crippen LogP contribution in [0.25, 0.3) is 0 Å². The highest BCUT2D eigenvalue weighted by Gasteiger charge is 2.27. The highest BCUT2D eigenvalue weighted by Crippen LogP contribution is 2.24. The predicted molar refractivity (Wildman–Crippen MR) is 82.3 cm³/mol. The largest absolute Gasteiger partial charge is 0.378 e. The molecule has 3 nitrogen and oxygen atoms in total. The molecule has 1 aromatic rings. The van der Waals surface area contributed by atoms with Gasteiger partial charge < -0.3 is 10.1 Å². The van der Waals surface area contributed by atoms with Gasteiger partial charge in [0.05, 0.1) is 11.7 Å². The maximum atomic E-state index is 12.1. The fourth-order valence-electron chi connectivity index (χ4n) is 2.37. The second-order valence-electron chi connectivity index (χ2n) is 4.70. The van der Waals surface area contributed by atoms with Gasteiger partial charge in [-0.1, -0.05) is 22.9 Å². The van der Waals surface area contributed by atoms with Crippen LogP contribution in [0.2, 0.25) is 0 Å². The summed E-state index contributed by atoms with van der Waals surface area (Å²) >= 11 is 6.79. The van der Waals surface area contributed by atoms with Crippen LogP contribution in [0, 0.1) is 5.92 Å². The second kappa shape index (κ2) is 6.86. The number of ether oxygens (including phenoxy) is 1. The van der Waals surface area contributed by atoms with Gasteiger partial charge in [-0.05, 0) is 47.0 Å². The first-order valence-electron chi connectivity index (χ1n) is 6.46. The number of rotatable bonds is 4. The zero-order chi connectivity index (χ0) is 13.8. The number of carbonyl (C=O) groups is 1. The van der Waals surface area contributed by atoms with Crippen LogP contribution in [0.15, 0.2) is 27.1 Å². The van der Waals surface area contributed by atoms with Crippen LogP contribution in [0.1, 0.15) is 30.1 Å². The van der Waals surface area contributed by atoms with E-state index in [0.29, 0.717) is 18.0 Å². The lowest BCUT2D eigenvalue weighted by molar-refractivity contribution is 0.0826. The quantitative estimate of drug-likeness (QED) is 0.849. The molecule has 2 unspecified atom stereocenters. The summed E-state index contributed by atoms with van der Waals surface area (Å²) in [6.45, 7) is 3.61. The normalized spacial score (nSPS) is 22.5. The molecule has 5 heteroatoms. The number of hydrogen-bond acceptors (Lipinski definition) is 2. The minimum atomic E-state index is -0.0406. The molecule has 2 atom stereocenters. The molecule has 1 aromatic carbocycles. The molecule has 1 N–H and O–H groups in total. The summed E-state index contributed by atoms with van der Waals surface area (Å²) < 4.78 is 7.38. The van der Waals surface area contributed by atoms with Crippen molar-refractivity contribution in [3.05, 3.63) is 32.7 Å². The summed E-state index contributed by atoms with van der Waals surface area (Å²) in [5.74, 6) is 0.393. The van der Waals surface area contributed by atoms with Crippen LogP contribution in [-0.4, -0.2) is 25.2 Å². The summed E-state index contributed by atoms with van der Waals surface area (Å²) in [4.78, 5) is 12.1. The molecule has 0 aliphatic carbocycles. The van der Waals surface area contributed by atoms with Gasteiger partial charge in [0.2, 0.25) is 0 Å². The van der Waals surface area contributed by atoms with Gasteiger partial charge in [0.1, 0.15) is 0 Å². The first-order valence-corrected chi connectivity index (χ1v) is 8.05. The molecule has 1 aliphatic heterocycles. The smallest absolute Gasteiger partial charge is 0.252 e. The van der Waals surface area contributed by atoms with E-state index in [-0.39, 0.29) is 12.0 Å². The molecule has 1 amide bonds. The predicted octanol–water partition coefficient (Wildman–Crippen LogP) is 3.76. The fraction of sp³-hybridized carbons (Fsp3) is 0.500. The molecule has 19 heavy (non-hydrogen) atoms. The molecule has 0 saturated carbocycles. The van der Waals surface area contributed by atoms with Gasteiger partial charge >= 0.3 is 0 Å². The van der Waals surface area contributed by atoms with E-state index in [1.807, 2.05) is 18.2 Å². The van der Waals surface area contributed by atoms with Crippen LogP contribution < -0.4 is 5.32 Å². The molecule has 0 bridgehead atoms. The number of nitrogens with one attached hydrogen (secondary N) is 1. The first kappa shape index (κ1) is 15.0. The Morgan fingerprint density at radius 2 is 2.26 bits per heavy atom. The monoisotopic (exact) mass is 389 g/mol. The van der Waals surface area contributed by atoms with E-state index in [1.54, 1.807) is 0 Å². The van der Waals surface area contributed by atoms with Crippen LogP contribution in [-0.2, 0) is 4.74 Å². The Bertz CT molecular complexity index is 465. The molecule has 0 spiro atoms. The van der Waals surface area contributed by atoms with Gasteiger partial charge in [0, 0.05) is 28.0 Å². The second-order valence-corrected chi connectivity index (χ2v) is 6.47. The fourth-order valence-corrected chi connectivity index (χ4v) is 3.60. The van der Waals surface area contributed by atoms with E-state index in [4.69, 9.17) is 4.74 Å². The van der Waals surface area contributed by atoms with E-state index in [1.165, 1.54) is 0 Å². The molecular weight excluding hydrogens is 374 g/mol. The molecule has 0 radical (unpaired) electrons. The third kappa shape index (κ3) is 3.80. The Morgan fingerprint density at radius 1 is 1.47 bits per heavy atom. The van der Waals surface area contributed by atoms with Gasteiger partial charge in [-0.2, -0.15) is 0 Å². The highest BCUT2D eigenvalue weighted by atomic mass is 79.9. The van der Waals surface area contributed by atoms with Crippen molar-refractivity contribution in [3.8, 4) is 0 Å². The summed E-state index contributed by atoms with van der Waals surface area (Å²) in [6, 6.07) is 5.56. The van der Waals surface area contributed by atoms with Crippen molar-refractivity contribution in [2.45, 2.75) is 25.9 Å². The maximum absolute atomic E-state index is 12.1. The molecular formula is C14H17Br2NO2. The average molecular weight is 391 g/mol. The van der Waals surface area contributed by atoms with Crippen LogP contribution in [0.4, 0.5) is 0 Å². The van der Waals surface area contributed by atoms with E-state index >= 15 is 0 Å². The van der Waals surface area contributed by atoms with E-state index in [0.717, 1.165) is 28.4 Å². The third-order valence-corrected chi connectivity index (χ3v) is 4.60. The zero-order valence-corrected chi connectivity index (χ0v) is 14.0. The van der Waals surface area contributed by atoms with Gasteiger partial charge in [-0.3, -0.25) is 4.79 Å². The minimum absolute atomic E-state index is 0.0406. The summed E-state index contributed by atoms with van der Waals surface area (Å²) in [7, 11) is 0. The van der Waals surface area contributed by atoms with E-state index < -0.39 is 0 Å². The first-order chi connectivity index (χ1) is 9.11. The molecule has 2 rings (SSSR count). The summed E-state index contributed by atoms with van der Waals surface area (Å²) in [6.07, 6.45) is 2.32. The lowest BCUT2D eigenvalue weighted by atomic mass is 9.99. The average Bonchev–Trinajstić information content (AvgIpc) is 2.83.